The van der Waals surface area contributed by atoms with E-state index < -0.39 is 12.0 Å². The summed E-state index contributed by atoms with van der Waals surface area (Å²) in [4.78, 5) is 15.3. The Labute approximate surface area is 179 Å². The van der Waals surface area contributed by atoms with Crippen LogP contribution in [0.15, 0.2) is 71.5 Å². The SMILES string of the molecule is CC(O)c1nccn1Cc1cc(-c2ccc(C#Cc3ccc(C(N)=O)cc3)cc2)on1. The number of rotatable bonds is 5. The number of hydrogen-bond acceptors (Lipinski definition) is 5. The van der Waals surface area contributed by atoms with Crippen molar-refractivity contribution in [2.45, 2.75) is 19.6 Å². The Balaban J connectivity index is 1.45. The van der Waals surface area contributed by atoms with Gasteiger partial charge in [-0.05, 0) is 55.5 Å². The number of carbonyl (C=O) groups is 1. The smallest absolute Gasteiger partial charge is 0.248 e. The Morgan fingerprint density at radius 3 is 2.39 bits per heavy atom. The highest BCUT2D eigenvalue weighted by atomic mass is 16.5. The van der Waals surface area contributed by atoms with Crippen LogP contribution in [0.1, 0.15) is 46.0 Å². The second-order valence-electron chi connectivity index (χ2n) is 7.04. The number of amides is 1. The minimum atomic E-state index is -0.656. The van der Waals surface area contributed by atoms with Crippen molar-refractivity contribution in [3.8, 4) is 23.2 Å². The summed E-state index contributed by atoms with van der Waals surface area (Å²) >= 11 is 0. The Kier molecular flexibility index (Phi) is 5.65. The van der Waals surface area contributed by atoms with Gasteiger partial charge in [0, 0.05) is 40.7 Å². The van der Waals surface area contributed by atoms with E-state index in [1.807, 2.05) is 34.9 Å². The number of aromatic nitrogens is 3. The van der Waals surface area contributed by atoms with Crippen LogP contribution in [0.2, 0.25) is 0 Å². The third kappa shape index (κ3) is 4.71. The van der Waals surface area contributed by atoms with Gasteiger partial charge in [0.05, 0.1) is 6.54 Å². The molecule has 0 saturated heterocycles. The Morgan fingerprint density at radius 2 is 1.77 bits per heavy atom. The topological polar surface area (TPSA) is 107 Å². The first kappa shape index (κ1) is 20.1. The van der Waals surface area contributed by atoms with Crippen LogP contribution in [0.25, 0.3) is 11.3 Å². The number of hydrogen-bond donors (Lipinski definition) is 2. The van der Waals surface area contributed by atoms with Crippen molar-refractivity contribution in [1.29, 1.82) is 0 Å². The maximum Gasteiger partial charge on any atom is 0.248 e. The molecule has 0 aliphatic carbocycles. The number of aliphatic hydroxyl groups excluding tert-OH is 1. The summed E-state index contributed by atoms with van der Waals surface area (Å²) in [5.74, 6) is 6.93. The van der Waals surface area contributed by atoms with E-state index in [1.165, 1.54) is 0 Å². The number of nitrogens with two attached hydrogens (primary N) is 1. The van der Waals surface area contributed by atoms with E-state index in [0.717, 1.165) is 22.4 Å². The third-order valence-electron chi connectivity index (χ3n) is 4.70. The molecule has 0 fully saturated rings. The Hall–Kier alpha value is -4.15. The van der Waals surface area contributed by atoms with E-state index in [1.54, 1.807) is 43.6 Å². The van der Waals surface area contributed by atoms with Gasteiger partial charge in [-0.2, -0.15) is 0 Å². The highest BCUT2D eigenvalue weighted by molar-refractivity contribution is 5.92. The van der Waals surface area contributed by atoms with Crippen LogP contribution < -0.4 is 5.73 Å². The normalized spacial score (nSPS) is 11.5. The van der Waals surface area contributed by atoms with Crippen molar-refractivity contribution in [1.82, 2.24) is 14.7 Å². The van der Waals surface area contributed by atoms with Crippen LogP contribution in [0, 0.1) is 11.8 Å². The minimum absolute atomic E-state index is 0.455. The lowest BCUT2D eigenvalue weighted by Crippen LogP contribution is -2.10. The van der Waals surface area contributed by atoms with Gasteiger partial charge in [-0.1, -0.05) is 17.0 Å². The molecule has 0 saturated carbocycles. The molecule has 2 heterocycles. The molecule has 1 unspecified atom stereocenters. The van der Waals surface area contributed by atoms with Gasteiger partial charge in [0.15, 0.2) is 5.76 Å². The van der Waals surface area contributed by atoms with Crippen molar-refractivity contribution < 1.29 is 14.4 Å². The molecular formula is C24H20N4O3. The summed E-state index contributed by atoms with van der Waals surface area (Å²) in [6.07, 6.45) is 2.79. The zero-order valence-electron chi connectivity index (χ0n) is 16.8. The predicted octanol–water partition coefficient (Wildman–Crippen LogP) is 3.14. The van der Waals surface area contributed by atoms with E-state index in [2.05, 4.69) is 22.0 Å². The van der Waals surface area contributed by atoms with Crippen molar-refractivity contribution in [3.05, 3.63) is 95.2 Å². The molecule has 0 aliphatic heterocycles. The van der Waals surface area contributed by atoms with Gasteiger partial charge in [-0.15, -0.1) is 0 Å². The van der Waals surface area contributed by atoms with Crippen LogP contribution >= 0.6 is 0 Å². The van der Waals surface area contributed by atoms with Gasteiger partial charge >= 0.3 is 0 Å². The molecule has 0 spiro atoms. The molecule has 4 aromatic rings. The number of carbonyl (C=O) groups excluding carboxylic acids is 1. The van der Waals surface area contributed by atoms with Crippen LogP contribution in [0.5, 0.6) is 0 Å². The van der Waals surface area contributed by atoms with Crippen molar-refractivity contribution in [2.75, 3.05) is 0 Å². The van der Waals surface area contributed by atoms with Crippen molar-refractivity contribution in [3.63, 3.8) is 0 Å². The van der Waals surface area contributed by atoms with Gasteiger partial charge in [-0.3, -0.25) is 4.79 Å². The molecule has 0 radical (unpaired) electrons. The zero-order valence-corrected chi connectivity index (χ0v) is 16.8. The van der Waals surface area contributed by atoms with Gasteiger partial charge in [0.2, 0.25) is 5.91 Å². The van der Waals surface area contributed by atoms with E-state index in [-0.39, 0.29) is 0 Å². The number of aliphatic hydroxyl groups is 1. The van der Waals surface area contributed by atoms with Gasteiger partial charge in [-0.25, -0.2) is 4.98 Å². The second-order valence-corrected chi connectivity index (χ2v) is 7.04. The molecular weight excluding hydrogens is 392 g/mol. The fraction of sp³-hybridized carbons (Fsp3) is 0.125. The molecule has 31 heavy (non-hydrogen) atoms. The predicted molar refractivity (Wildman–Crippen MR) is 115 cm³/mol. The second kappa shape index (κ2) is 8.69. The highest BCUT2D eigenvalue weighted by Crippen LogP contribution is 2.22. The largest absolute Gasteiger partial charge is 0.385 e. The standard InChI is InChI=1S/C24H20N4O3/c1-16(29)24-26-12-13-28(24)15-21-14-22(31-27-21)19-8-4-17(5-9-19)2-3-18-6-10-20(11-7-18)23(25)30/h4-14,16,29H,15H2,1H3,(H2,25,30). The van der Waals surface area contributed by atoms with Crippen LogP contribution in [0.3, 0.4) is 0 Å². The van der Waals surface area contributed by atoms with Gasteiger partial charge < -0.3 is 19.9 Å². The first-order chi connectivity index (χ1) is 15.0. The van der Waals surface area contributed by atoms with Gasteiger partial charge in [0.1, 0.15) is 17.6 Å². The monoisotopic (exact) mass is 412 g/mol. The molecule has 3 N–H and O–H groups in total. The van der Waals surface area contributed by atoms with Crippen LogP contribution in [-0.2, 0) is 6.54 Å². The van der Waals surface area contributed by atoms with E-state index in [9.17, 15) is 9.90 Å². The minimum Gasteiger partial charge on any atom is -0.385 e. The van der Waals surface area contributed by atoms with Crippen LogP contribution in [0.4, 0.5) is 0 Å². The summed E-state index contributed by atoms with van der Waals surface area (Å²) in [5.41, 5.74) is 8.96. The molecule has 154 valence electrons. The molecule has 2 aromatic heterocycles. The molecule has 0 aliphatic rings. The molecule has 7 nitrogen and oxygen atoms in total. The average Bonchev–Trinajstić information content (AvgIpc) is 3.43. The van der Waals surface area contributed by atoms with E-state index in [0.29, 0.717) is 23.7 Å². The Morgan fingerprint density at radius 1 is 1.13 bits per heavy atom. The first-order valence-electron chi connectivity index (χ1n) is 9.66. The maximum atomic E-state index is 11.1. The zero-order chi connectivity index (χ0) is 21.8. The summed E-state index contributed by atoms with van der Waals surface area (Å²) in [6.45, 7) is 2.13. The van der Waals surface area contributed by atoms with E-state index in [4.69, 9.17) is 10.3 Å². The Bertz CT molecular complexity index is 1260. The summed E-state index contributed by atoms with van der Waals surface area (Å²) in [5, 5.41) is 13.9. The average molecular weight is 412 g/mol. The molecule has 4 rings (SSSR count). The lowest BCUT2D eigenvalue weighted by Gasteiger charge is -2.07. The highest BCUT2D eigenvalue weighted by Gasteiger charge is 2.12. The van der Waals surface area contributed by atoms with Gasteiger partial charge in [0.25, 0.3) is 0 Å². The van der Waals surface area contributed by atoms with Crippen molar-refractivity contribution >= 4 is 5.91 Å². The van der Waals surface area contributed by atoms with Crippen LogP contribution in [-0.4, -0.2) is 25.7 Å². The molecule has 2 aromatic carbocycles. The number of benzene rings is 2. The molecule has 1 atom stereocenters. The number of primary amides is 1. The van der Waals surface area contributed by atoms with Crippen molar-refractivity contribution in [2.24, 2.45) is 5.73 Å². The summed E-state index contributed by atoms with van der Waals surface area (Å²) in [7, 11) is 0. The number of imidazole rings is 1. The quantitative estimate of drug-likeness (QED) is 0.490. The lowest BCUT2D eigenvalue weighted by atomic mass is 10.1. The first-order valence-corrected chi connectivity index (χ1v) is 9.66. The molecule has 1 amide bonds. The summed E-state index contributed by atoms with van der Waals surface area (Å²) < 4.78 is 7.31. The van der Waals surface area contributed by atoms with E-state index >= 15 is 0 Å². The fourth-order valence-corrected chi connectivity index (χ4v) is 3.10. The lowest BCUT2D eigenvalue weighted by molar-refractivity contribution is 0.100. The molecule has 7 heteroatoms. The summed E-state index contributed by atoms with van der Waals surface area (Å²) in [6, 6.07) is 16.4. The third-order valence-corrected chi connectivity index (χ3v) is 4.70. The molecule has 0 bridgehead atoms. The number of nitrogens with zero attached hydrogens (tertiary/aromatic N) is 3. The fourth-order valence-electron chi connectivity index (χ4n) is 3.10. The maximum absolute atomic E-state index is 11.1.